The number of methoxy groups -OCH3 is 1. The van der Waals surface area contributed by atoms with Crippen LogP contribution in [0.15, 0.2) is 24.5 Å². The molecule has 0 radical (unpaired) electrons. The Kier molecular flexibility index (Phi) is 4.43. The lowest BCUT2D eigenvalue weighted by molar-refractivity contribution is 0.196. The van der Waals surface area contributed by atoms with Crippen molar-refractivity contribution < 1.29 is 4.74 Å². The van der Waals surface area contributed by atoms with Crippen LogP contribution in [0.1, 0.15) is 18.5 Å². The van der Waals surface area contributed by atoms with Crippen molar-refractivity contribution in [3.8, 4) is 0 Å². The van der Waals surface area contributed by atoms with Gasteiger partial charge in [-0.15, -0.1) is 0 Å². The van der Waals surface area contributed by atoms with E-state index in [9.17, 15) is 0 Å². The molecule has 3 heteroatoms. The van der Waals surface area contributed by atoms with Crippen LogP contribution in [-0.4, -0.2) is 25.2 Å². The van der Waals surface area contributed by atoms with E-state index >= 15 is 0 Å². The third-order valence-corrected chi connectivity index (χ3v) is 1.94. The van der Waals surface area contributed by atoms with Gasteiger partial charge in [0, 0.05) is 32.1 Å². The van der Waals surface area contributed by atoms with Gasteiger partial charge in [0.25, 0.3) is 0 Å². The average molecular weight is 180 g/mol. The molecule has 1 rings (SSSR count). The summed E-state index contributed by atoms with van der Waals surface area (Å²) < 4.78 is 4.95. The normalized spacial score (nSPS) is 12.8. The lowest BCUT2D eigenvalue weighted by atomic mass is 10.1. The molecule has 0 bridgehead atoms. The van der Waals surface area contributed by atoms with Gasteiger partial charge in [-0.25, -0.2) is 0 Å². The van der Waals surface area contributed by atoms with Crippen molar-refractivity contribution in [3.05, 3.63) is 30.1 Å². The van der Waals surface area contributed by atoms with Gasteiger partial charge in [0.1, 0.15) is 0 Å². The Morgan fingerprint density at radius 3 is 3.08 bits per heavy atom. The van der Waals surface area contributed by atoms with Crippen molar-refractivity contribution in [2.45, 2.75) is 13.0 Å². The number of pyridine rings is 1. The summed E-state index contributed by atoms with van der Waals surface area (Å²) in [4.78, 5) is 4.06. The summed E-state index contributed by atoms with van der Waals surface area (Å²) in [5.74, 6) is 0. The van der Waals surface area contributed by atoms with E-state index in [-0.39, 0.29) is 0 Å². The first-order valence-electron chi connectivity index (χ1n) is 4.47. The van der Waals surface area contributed by atoms with E-state index in [4.69, 9.17) is 4.74 Å². The fourth-order valence-electron chi connectivity index (χ4n) is 1.13. The van der Waals surface area contributed by atoms with Crippen molar-refractivity contribution in [3.63, 3.8) is 0 Å². The zero-order chi connectivity index (χ0) is 9.52. The van der Waals surface area contributed by atoms with Gasteiger partial charge in [0.05, 0.1) is 6.61 Å². The van der Waals surface area contributed by atoms with Gasteiger partial charge in [-0.3, -0.25) is 4.98 Å². The number of aromatic nitrogens is 1. The first kappa shape index (κ1) is 10.2. The number of nitrogens with one attached hydrogen (secondary N) is 1. The van der Waals surface area contributed by atoms with Crippen molar-refractivity contribution in [2.75, 3.05) is 20.3 Å². The maximum atomic E-state index is 4.95. The molecule has 1 heterocycles. The lowest BCUT2D eigenvalue weighted by Gasteiger charge is -2.12. The van der Waals surface area contributed by atoms with E-state index in [2.05, 4.69) is 23.3 Å². The van der Waals surface area contributed by atoms with E-state index in [1.54, 1.807) is 13.3 Å². The number of nitrogens with zero attached hydrogens (tertiary/aromatic N) is 1. The van der Waals surface area contributed by atoms with Gasteiger partial charge in [-0.05, 0) is 18.6 Å². The molecule has 1 aromatic heterocycles. The molecule has 1 N–H and O–H groups in total. The second kappa shape index (κ2) is 5.67. The Hall–Kier alpha value is -0.930. The first-order chi connectivity index (χ1) is 6.34. The summed E-state index contributed by atoms with van der Waals surface area (Å²) >= 11 is 0. The molecule has 0 spiro atoms. The van der Waals surface area contributed by atoms with Gasteiger partial charge < -0.3 is 10.1 Å². The third kappa shape index (κ3) is 3.53. The van der Waals surface area contributed by atoms with Crippen LogP contribution < -0.4 is 5.32 Å². The minimum Gasteiger partial charge on any atom is -0.383 e. The highest BCUT2D eigenvalue weighted by molar-refractivity contribution is 5.12. The van der Waals surface area contributed by atoms with Gasteiger partial charge >= 0.3 is 0 Å². The Bertz CT molecular complexity index is 226. The minimum atomic E-state index is 0.337. The summed E-state index contributed by atoms with van der Waals surface area (Å²) in [5.41, 5.74) is 1.21. The fourth-order valence-corrected chi connectivity index (χ4v) is 1.13. The molecule has 0 fully saturated rings. The highest BCUT2D eigenvalue weighted by Gasteiger charge is 2.02. The summed E-state index contributed by atoms with van der Waals surface area (Å²) in [6, 6.07) is 4.35. The smallest absolute Gasteiger partial charge is 0.0587 e. The topological polar surface area (TPSA) is 34.1 Å². The standard InChI is InChI=1S/C10H16N2O/c1-9(12-6-7-13-2)10-4-3-5-11-8-10/h3-5,8-9,12H,6-7H2,1-2H3/t9-/m0/s1. The molecule has 1 atom stereocenters. The maximum absolute atomic E-state index is 4.95. The molecule has 0 aliphatic carbocycles. The predicted octanol–water partition coefficient (Wildman–Crippen LogP) is 1.38. The van der Waals surface area contributed by atoms with E-state index in [1.165, 1.54) is 5.56 Å². The summed E-state index contributed by atoms with van der Waals surface area (Å²) in [5, 5.41) is 3.33. The first-order valence-corrected chi connectivity index (χ1v) is 4.47. The van der Waals surface area contributed by atoms with Gasteiger partial charge in [-0.2, -0.15) is 0 Å². The monoisotopic (exact) mass is 180 g/mol. The number of ether oxygens (including phenoxy) is 1. The zero-order valence-corrected chi connectivity index (χ0v) is 8.16. The number of hydrogen-bond acceptors (Lipinski definition) is 3. The SMILES string of the molecule is COCCN[C@@H](C)c1cccnc1. The molecule has 0 saturated heterocycles. The highest BCUT2D eigenvalue weighted by atomic mass is 16.5. The van der Waals surface area contributed by atoms with Gasteiger partial charge in [-0.1, -0.05) is 6.07 Å². The molecule has 0 unspecified atom stereocenters. The van der Waals surface area contributed by atoms with Gasteiger partial charge in [0.15, 0.2) is 0 Å². The van der Waals surface area contributed by atoms with E-state index < -0.39 is 0 Å². The molecular formula is C10H16N2O. The summed E-state index contributed by atoms with van der Waals surface area (Å²) in [6.07, 6.45) is 3.66. The second-order valence-electron chi connectivity index (χ2n) is 2.95. The van der Waals surface area contributed by atoms with Crippen LogP contribution >= 0.6 is 0 Å². The Balaban J connectivity index is 2.35. The fraction of sp³-hybridized carbons (Fsp3) is 0.500. The Labute approximate surface area is 79.1 Å². The van der Waals surface area contributed by atoms with Crippen LogP contribution in [0.4, 0.5) is 0 Å². The minimum absolute atomic E-state index is 0.337. The zero-order valence-electron chi connectivity index (χ0n) is 8.16. The molecule has 0 aromatic carbocycles. The number of rotatable bonds is 5. The van der Waals surface area contributed by atoms with Crippen LogP contribution in [0.3, 0.4) is 0 Å². The van der Waals surface area contributed by atoms with Crippen LogP contribution in [0.5, 0.6) is 0 Å². The van der Waals surface area contributed by atoms with Crippen LogP contribution in [0.2, 0.25) is 0 Å². The van der Waals surface area contributed by atoms with E-state index in [1.807, 2.05) is 12.3 Å². The van der Waals surface area contributed by atoms with Crippen molar-refractivity contribution in [2.24, 2.45) is 0 Å². The van der Waals surface area contributed by atoms with Crippen LogP contribution in [0.25, 0.3) is 0 Å². The molecule has 0 aliphatic rings. The average Bonchev–Trinajstić information content (AvgIpc) is 2.19. The van der Waals surface area contributed by atoms with E-state index in [0.717, 1.165) is 13.2 Å². The molecule has 3 nitrogen and oxygen atoms in total. The molecule has 0 saturated carbocycles. The lowest BCUT2D eigenvalue weighted by Crippen LogP contribution is -2.22. The third-order valence-electron chi connectivity index (χ3n) is 1.94. The maximum Gasteiger partial charge on any atom is 0.0587 e. The molecule has 13 heavy (non-hydrogen) atoms. The summed E-state index contributed by atoms with van der Waals surface area (Å²) in [7, 11) is 1.70. The molecule has 1 aromatic rings. The van der Waals surface area contributed by atoms with Crippen molar-refractivity contribution >= 4 is 0 Å². The molecular weight excluding hydrogens is 164 g/mol. The largest absolute Gasteiger partial charge is 0.383 e. The second-order valence-corrected chi connectivity index (χ2v) is 2.95. The molecule has 72 valence electrons. The quantitative estimate of drug-likeness (QED) is 0.695. The number of hydrogen-bond donors (Lipinski definition) is 1. The summed E-state index contributed by atoms with van der Waals surface area (Å²) in [6.45, 7) is 3.73. The molecule has 0 amide bonds. The van der Waals surface area contributed by atoms with Crippen LogP contribution in [-0.2, 0) is 4.74 Å². The highest BCUT2D eigenvalue weighted by Crippen LogP contribution is 2.08. The Morgan fingerprint density at radius 1 is 1.62 bits per heavy atom. The van der Waals surface area contributed by atoms with Gasteiger partial charge in [0.2, 0.25) is 0 Å². The molecule has 0 aliphatic heterocycles. The van der Waals surface area contributed by atoms with Crippen molar-refractivity contribution in [1.82, 2.24) is 10.3 Å². The van der Waals surface area contributed by atoms with Crippen molar-refractivity contribution in [1.29, 1.82) is 0 Å². The van der Waals surface area contributed by atoms with E-state index in [0.29, 0.717) is 6.04 Å². The predicted molar refractivity (Wildman–Crippen MR) is 52.5 cm³/mol. The van der Waals surface area contributed by atoms with Crippen LogP contribution in [0, 0.1) is 0 Å². The Morgan fingerprint density at radius 2 is 2.46 bits per heavy atom.